The number of fused-ring (bicyclic) bond motifs is 4. The highest BCUT2D eigenvalue weighted by atomic mass is 35.5. The van der Waals surface area contributed by atoms with E-state index in [9.17, 15) is 0 Å². The van der Waals surface area contributed by atoms with Crippen LogP contribution in [0.1, 0.15) is 98.1 Å². The summed E-state index contributed by atoms with van der Waals surface area (Å²) in [5.74, 6) is 4.82. The lowest BCUT2D eigenvalue weighted by molar-refractivity contribution is 0.170. The number of benzene rings is 2. The Morgan fingerprint density at radius 1 is 0.520 bits per heavy atom. The van der Waals surface area contributed by atoms with Crippen LogP contribution in [0.4, 0.5) is 0 Å². The molecule has 0 atom stereocenters. The van der Waals surface area contributed by atoms with Gasteiger partial charge in [-0.05, 0) is 204 Å². The van der Waals surface area contributed by atoms with Gasteiger partial charge in [-0.2, -0.15) is 0 Å². The van der Waals surface area contributed by atoms with Crippen LogP contribution in [-0.2, 0) is 39.0 Å². The van der Waals surface area contributed by atoms with E-state index < -0.39 is 0 Å². The van der Waals surface area contributed by atoms with Gasteiger partial charge in [0.05, 0.1) is 35.7 Å². The standard InChI is InChI=1S/2C29H37N5O2.3ClH/c2*1-32(2)19-25-27(35-20-22-6-7-22)11-9-24-26(31-36-29(24)25)10-8-21-12-15-33(16-13-21)18-23-4-3-5-28-30-14-17-34(23)28;;;/h2*3-5,9,11,14,17,21-22H,6-8,10,12-13,15-16,18-20H2,1-2H3;3*1H. The van der Waals surface area contributed by atoms with Crippen LogP contribution in [0, 0.1) is 23.7 Å². The van der Waals surface area contributed by atoms with Crippen LogP contribution in [0.15, 0.2) is 94.5 Å². The molecular weight excluding hydrogens is 1010 g/mol. The molecular formula is C58H77Cl3N10O4. The molecule has 2 saturated heterocycles. The second-order valence-corrected chi connectivity index (χ2v) is 21.9. The fourth-order valence-electron chi connectivity index (χ4n) is 11.0. The quantitative estimate of drug-likeness (QED) is 0.0723. The van der Waals surface area contributed by atoms with Gasteiger partial charge in [0.1, 0.15) is 22.8 Å². The van der Waals surface area contributed by atoms with Crippen molar-refractivity contribution in [3.8, 4) is 11.5 Å². The van der Waals surface area contributed by atoms with Gasteiger partial charge in [-0.1, -0.05) is 22.4 Å². The zero-order valence-corrected chi connectivity index (χ0v) is 46.7. The zero-order valence-electron chi connectivity index (χ0n) is 44.3. The average molecular weight is 1080 g/mol. The lowest BCUT2D eigenvalue weighted by Gasteiger charge is -2.32. The molecule has 0 N–H and O–H groups in total. The van der Waals surface area contributed by atoms with E-state index in [0.717, 1.165) is 182 Å². The van der Waals surface area contributed by atoms with Gasteiger partial charge >= 0.3 is 0 Å². The van der Waals surface area contributed by atoms with E-state index in [-0.39, 0.29) is 37.2 Å². The maximum Gasteiger partial charge on any atom is 0.175 e. The molecule has 0 bridgehead atoms. The second-order valence-electron chi connectivity index (χ2n) is 21.9. The normalized spacial score (nSPS) is 16.8. The lowest BCUT2D eigenvalue weighted by atomic mass is 9.91. The SMILES string of the molecule is CN(C)Cc1c(OCC2CC2)ccc2c(CCC3CCN(Cc4cccc5nccn45)CC3)noc12.CN(C)Cc1c(OCC2CC2)ccc2c(CCC3CCN(Cc4cccc5nccn45)CC3)noc12.Cl.Cl.Cl. The highest BCUT2D eigenvalue weighted by Gasteiger charge is 2.27. The molecule has 2 aliphatic carbocycles. The number of hydrogen-bond acceptors (Lipinski definition) is 12. The van der Waals surface area contributed by atoms with Crippen LogP contribution < -0.4 is 9.47 Å². The van der Waals surface area contributed by atoms with Crippen molar-refractivity contribution in [1.29, 1.82) is 0 Å². The molecule has 0 radical (unpaired) electrons. The van der Waals surface area contributed by atoms with Crippen LogP contribution in [0.2, 0.25) is 0 Å². The number of halogens is 3. The Bertz CT molecular complexity index is 2850. The number of likely N-dealkylation sites (tertiary alicyclic amines) is 2. The molecule has 2 aliphatic heterocycles. The van der Waals surface area contributed by atoms with Gasteiger partial charge in [0.15, 0.2) is 11.2 Å². The number of aromatic nitrogens is 6. The molecule has 0 spiro atoms. The summed E-state index contributed by atoms with van der Waals surface area (Å²) in [4.78, 5) is 18.3. The first-order valence-electron chi connectivity index (χ1n) is 26.9. The number of hydrogen-bond donors (Lipinski definition) is 0. The van der Waals surface area contributed by atoms with Crippen molar-refractivity contribution in [1.82, 2.24) is 48.7 Å². The van der Waals surface area contributed by atoms with E-state index in [2.05, 4.69) is 150 Å². The molecule has 2 aromatic carbocycles. The maximum absolute atomic E-state index is 6.18. The van der Waals surface area contributed by atoms with Crippen LogP contribution in [-0.4, -0.2) is 116 Å². The van der Waals surface area contributed by atoms with Crippen LogP contribution in [0.3, 0.4) is 0 Å². The van der Waals surface area contributed by atoms with Gasteiger partial charge in [-0.25, -0.2) is 9.97 Å². The minimum absolute atomic E-state index is 0. The lowest BCUT2D eigenvalue weighted by Crippen LogP contribution is -2.33. The van der Waals surface area contributed by atoms with E-state index in [1.807, 2.05) is 12.4 Å². The molecule has 0 unspecified atom stereocenters. The van der Waals surface area contributed by atoms with Gasteiger partial charge in [-0.15, -0.1) is 37.2 Å². The molecule has 75 heavy (non-hydrogen) atoms. The summed E-state index contributed by atoms with van der Waals surface area (Å²) >= 11 is 0. The number of ether oxygens (including phenoxy) is 2. The summed E-state index contributed by atoms with van der Waals surface area (Å²) < 4.78 is 28.6. The Hall–Kier alpha value is -4.93. The molecule has 2 saturated carbocycles. The summed E-state index contributed by atoms with van der Waals surface area (Å²) in [6.45, 7) is 9.73. The van der Waals surface area contributed by atoms with Gasteiger partial charge < -0.3 is 37.1 Å². The first-order chi connectivity index (χ1) is 35.3. The number of pyridine rings is 2. The summed E-state index contributed by atoms with van der Waals surface area (Å²) in [6.07, 6.45) is 22.2. The third kappa shape index (κ3) is 14.0. The molecule has 17 heteroatoms. The highest BCUT2D eigenvalue weighted by molar-refractivity contribution is 5.86. The van der Waals surface area contributed by atoms with E-state index in [1.54, 1.807) is 0 Å². The summed E-state index contributed by atoms with van der Waals surface area (Å²) in [5.41, 5.74) is 10.9. The van der Waals surface area contributed by atoms with Crippen molar-refractivity contribution >= 4 is 70.5 Å². The van der Waals surface area contributed by atoms with E-state index in [0.29, 0.717) is 0 Å². The van der Waals surface area contributed by atoms with Crippen LogP contribution in [0.5, 0.6) is 11.5 Å². The third-order valence-corrected chi connectivity index (χ3v) is 15.6. The van der Waals surface area contributed by atoms with Gasteiger partial charge in [0, 0.05) is 73.1 Å². The second kappa shape index (κ2) is 25.9. The average Bonchev–Trinajstić information content (AvgIpc) is 4.14. The van der Waals surface area contributed by atoms with E-state index in [4.69, 9.17) is 18.5 Å². The molecule has 8 heterocycles. The number of rotatable bonds is 20. The zero-order chi connectivity index (χ0) is 49.0. The van der Waals surface area contributed by atoms with E-state index in [1.165, 1.54) is 62.8 Å². The third-order valence-electron chi connectivity index (χ3n) is 15.6. The maximum atomic E-state index is 6.18. The van der Waals surface area contributed by atoms with Gasteiger partial charge in [0.2, 0.25) is 0 Å². The Morgan fingerprint density at radius 3 is 1.32 bits per heavy atom. The Labute approximate surface area is 460 Å². The Morgan fingerprint density at radius 2 is 0.933 bits per heavy atom. The van der Waals surface area contributed by atoms with Crippen LogP contribution in [0.25, 0.3) is 33.2 Å². The predicted molar refractivity (Wildman–Crippen MR) is 304 cm³/mol. The fraction of sp³-hybridized carbons (Fsp3) is 0.517. The van der Waals surface area contributed by atoms with Crippen molar-refractivity contribution in [3.05, 3.63) is 119 Å². The van der Waals surface area contributed by atoms with Crippen molar-refractivity contribution < 1.29 is 18.5 Å². The summed E-state index contributed by atoms with van der Waals surface area (Å²) in [5, 5.41) is 11.3. The van der Waals surface area contributed by atoms with Crippen LogP contribution >= 0.6 is 37.2 Å². The minimum Gasteiger partial charge on any atom is -0.493 e. The first-order valence-corrected chi connectivity index (χ1v) is 26.9. The minimum atomic E-state index is 0. The van der Waals surface area contributed by atoms with Gasteiger partial charge in [-0.3, -0.25) is 9.80 Å². The topological polar surface area (TPSA) is 118 Å². The van der Waals surface area contributed by atoms with Crippen molar-refractivity contribution in [2.75, 3.05) is 67.6 Å². The highest BCUT2D eigenvalue weighted by Crippen LogP contribution is 2.37. The monoisotopic (exact) mass is 1080 g/mol. The molecule has 4 fully saturated rings. The smallest absolute Gasteiger partial charge is 0.175 e. The molecule has 4 aliphatic rings. The molecule has 8 aromatic rings. The fourth-order valence-corrected chi connectivity index (χ4v) is 11.0. The first kappa shape index (κ1) is 56.3. The summed E-state index contributed by atoms with van der Waals surface area (Å²) in [7, 11) is 8.35. The molecule has 14 nitrogen and oxygen atoms in total. The van der Waals surface area contributed by atoms with Crippen molar-refractivity contribution in [2.24, 2.45) is 23.7 Å². The molecule has 404 valence electrons. The summed E-state index contributed by atoms with van der Waals surface area (Å²) in [6, 6.07) is 21.3. The molecule has 0 amide bonds. The molecule has 12 rings (SSSR count). The Kier molecular flexibility index (Phi) is 19.5. The largest absolute Gasteiger partial charge is 0.493 e. The Balaban J connectivity index is 0.000000192. The number of piperidine rings is 2. The number of aryl methyl sites for hydroxylation is 2. The van der Waals surface area contributed by atoms with Crippen molar-refractivity contribution in [2.45, 2.75) is 103 Å². The van der Waals surface area contributed by atoms with E-state index >= 15 is 0 Å². The molecule has 6 aromatic heterocycles. The number of imidazole rings is 2. The van der Waals surface area contributed by atoms with Gasteiger partial charge in [0.25, 0.3) is 0 Å². The number of nitrogens with zero attached hydrogens (tertiary/aromatic N) is 10. The predicted octanol–water partition coefficient (Wildman–Crippen LogP) is 11.6. The van der Waals surface area contributed by atoms with Crippen molar-refractivity contribution in [3.63, 3.8) is 0 Å².